The minimum Gasteiger partial charge on any atom is -0.494 e. The largest absolute Gasteiger partial charge is 0.494 e. The van der Waals surface area contributed by atoms with Crippen LogP contribution in [0.25, 0.3) is 0 Å². The molecule has 5 rings (SSSR count). The summed E-state index contributed by atoms with van der Waals surface area (Å²) in [6.45, 7) is 7.72. The van der Waals surface area contributed by atoms with Gasteiger partial charge in [0.05, 0.1) is 47.9 Å². The predicted octanol–water partition coefficient (Wildman–Crippen LogP) is 4.02. The number of carbonyl (C=O) groups is 3. The van der Waals surface area contributed by atoms with Gasteiger partial charge in [0.2, 0.25) is 17.7 Å². The molecule has 2 aromatic carbocycles. The lowest BCUT2D eigenvalue weighted by Gasteiger charge is -2.38. The Morgan fingerprint density at radius 1 is 1.18 bits per heavy atom. The monoisotopic (exact) mass is 569 g/mol. The number of nitrogens with one attached hydrogen (secondary N) is 2. The lowest BCUT2D eigenvalue weighted by molar-refractivity contribution is -0.144. The summed E-state index contributed by atoms with van der Waals surface area (Å²) >= 11 is 6.42. The number of aryl methyl sites for hydroxylation is 1. The highest BCUT2D eigenvalue weighted by atomic mass is 35.5. The van der Waals surface area contributed by atoms with Gasteiger partial charge in [-0.25, -0.2) is 0 Å². The molecule has 3 aliphatic rings. The van der Waals surface area contributed by atoms with E-state index in [1.165, 1.54) is 4.90 Å². The van der Waals surface area contributed by atoms with E-state index in [1.807, 2.05) is 33.8 Å². The second kappa shape index (κ2) is 11.0. The molecule has 3 heterocycles. The highest BCUT2D eigenvalue weighted by Crippen LogP contribution is 2.59. The Bertz CT molecular complexity index is 1280. The number of fused-ring (bicyclic) bond motifs is 1. The van der Waals surface area contributed by atoms with Gasteiger partial charge in [0.15, 0.2) is 0 Å². The standard InChI is InChI=1S/C30H36ClN3O6/c1-5-39-19-11-9-18(10-12-19)32-27(36)23-22-13-14-30(40-22)24(23)29(38)34(21(15-35)16(2)3)26(30)28(37)33-25-17(4)7-6-8-20(25)31/h6-12,16,21-24,26,35H,5,13-15H2,1-4H3,(H,32,36)(H,33,37)/t21-,22+,23-,24-,26?,30?/m0/s1. The maximum absolute atomic E-state index is 14.2. The Hall–Kier alpha value is -3.14. The van der Waals surface area contributed by atoms with E-state index in [1.54, 1.807) is 36.4 Å². The number of benzene rings is 2. The molecule has 3 amide bonds. The van der Waals surface area contributed by atoms with Crippen LogP contribution >= 0.6 is 11.6 Å². The first-order valence-electron chi connectivity index (χ1n) is 13.8. The van der Waals surface area contributed by atoms with Crippen LogP contribution in [0.15, 0.2) is 42.5 Å². The van der Waals surface area contributed by atoms with Crippen molar-refractivity contribution in [3.8, 4) is 5.75 Å². The van der Waals surface area contributed by atoms with Gasteiger partial charge in [0.1, 0.15) is 17.4 Å². The molecule has 6 atom stereocenters. The second-order valence-electron chi connectivity index (χ2n) is 11.2. The molecule has 1 spiro atoms. The molecule has 2 bridgehead atoms. The SMILES string of the molecule is CCOc1ccc(NC(=O)[C@@H]2[C@H]3C(=O)N([C@@H](CO)C(C)C)C(C(=O)Nc4c(C)cccc4Cl)C34CC[C@H]2O4)cc1. The molecule has 0 aromatic heterocycles. The average molecular weight is 570 g/mol. The Labute approximate surface area is 239 Å². The fourth-order valence-electron chi connectivity index (χ4n) is 6.68. The molecule has 3 fully saturated rings. The van der Waals surface area contributed by atoms with Gasteiger partial charge in [-0.2, -0.15) is 0 Å². The van der Waals surface area contributed by atoms with Gasteiger partial charge in [0.25, 0.3) is 0 Å². The second-order valence-corrected chi connectivity index (χ2v) is 11.6. The number of halogens is 1. The maximum Gasteiger partial charge on any atom is 0.250 e. The van der Waals surface area contributed by atoms with Crippen LogP contribution in [0.3, 0.4) is 0 Å². The summed E-state index contributed by atoms with van der Waals surface area (Å²) in [4.78, 5) is 43.4. The van der Waals surface area contributed by atoms with Gasteiger partial charge >= 0.3 is 0 Å². The van der Waals surface area contributed by atoms with Crippen molar-refractivity contribution in [1.82, 2.24) is 4.90 Å². The van der Waals surface area contributed by atoms with Crippen LogP contribution < -0.4 is 15.4 Å². The van der Waals surface area contributed by atoms with E-state index in [0.717, 1.165) is 5.56 Å². The van der Waals surface area contributed by atoms with Gasteiger partial charge < -0.3 is 30.1 Å². The number of hydrogen-bond donors (Lipinski definition) is 3. The minimum absolute atomic E-state index is 0.144. The van der Waals surface area contributed by atoms with Gasteiger partial charge in [-0.05, 0) is 68.5 Å². The van der Waals surface area contributed by atoms with Crippen LogP contribution in [0.2, 0.25) is 5.02 Å². The number of aliphatic hydroxyl groups is 1. The normalized spacial score (nSPS) is 27.6. The molecule has 0 saturated carbocycles. The molecule has 3 saturated heterocycles. The number of nitrogens with zero attached hydrogens (tertiary/aromatic N) is 1. The van der Waals surface area contributed by atoms with E-state index in [0.29, 0.717) is 41.6 Å². The molecule has 0 aliphatic carbocycles. The third kappa shape index (κ3) is 4.63. The summed E-state index contributed by atoms with van der Waals surface area (Å²) in [7, 11) is 0. The summed E-state index contributed by atoms with van der Waals surface area (Å²) in [5, 5.41) is 16.6. The number of anilines is 2. The quantitative estimate of drug-likeness (QED) is 0.420. The number of hydrogen-bond acceptors (Lipinski definition) is 6. The van der Waals surface area contributed by atoms with Crippen LogP contribution in [0.1, 0.15) is 39.2 Å². The topological polar surface area (TPSA) is 117 Å². The minimum atomic E-state index is -1.19. The van der Waals surface area contributed by atoms with E-state index < -0.39 is 41.5 Å². The van der Waals surface area contributed by atoms with Gasteiger partial charge in [-0.15, -0.1) is 0 Å². The number of para-hydroxylation sites is 1. The average Bonchev–Trinajstić information content (AvgIpc) is 3.55. The van der Waals surface area contributed by atoms with E-state index in [-0.39, 0.29) is 24.3 Å². The molecule has 214 valence electrons. The Kier molecular flexibility index (Phi) is 7.83. The highest BCUT2D eigenvalue weighted by molar-refractivity contribution is 6.34. The van der Waals surface area contributed by atoms with Crippen LogP contribution in [0.4, 0.5) is 11.4 Å². The first-order chi connectivity index (χ1) is 19.1. The van der Waals surface area contributed by atoms with E-state index in [2.05, 4.69) is 10.6 Å². The van der Waals surface area contributed by atoms with E-state index in [9.17, 15) is 19.5 Å². The fourth-order valence-corrected chi connectivity index (χ4v) is 6.95. The number of rotatable bonds is 9. The summed E-state index contributed by atoms with van der Waals surface area (Å²) in [5.41, 5.74) is 0.623. The first kappa shape index (κ1) is 28.4. The van der Waals surface area contributed by atoms with Crippen molar-refractivity contribution in [2.45, 2.75) is 64.3 Å². The molecule has 2 unspecified atom stereocenters. The van der Waals surface area contributed by atoms with Crippen molar-refractivity contribution in [3.05, 3.63) is 53.1 Å². The van der Waals surface area contributed by atoms with Crippen molar-refractivity contribution >= 4 is 40.7 Å². The smallest absolute Gasteiger partial charge is 0.250 e. The summed E-state index contributed by atoms with van der Waals surface area (Å²) in [6, 6.07) is 10.7. The Morgan fingerprint density at radius 3 is 2.52 bits per heavy atom. The third-order valence-electron chi connectivity index (χ3n) is 8.51. The van der Waals surface area contributed by atoms with Gasteiger partial charge in [-0.1, -0.05) is 37.6 Å². The zero-order valence-corrected chi connectivity index (χ0v) is 23.9. The van der Waals surface area contributed by atoms with E-state index in [4.69, 9.17) is 21.1 Å². The van der Waals surface area contributed by atoms with Crippen LogP contribution in [0, 0.1) is 24.7 Å². The number of amides is 3. The zero-order valence-electron chi connectivity index (χ0n) is 23.1. The molecule has 3 aliphatic heterocycles. The Morgan fingerprint density at radius 2 is 1.90 bits per heavy atom. The first-order valence-corrected chi connectivity index (χ1v) is 14.2. The number of likely N-dealkylation sites (tertiary alicyclic amines) is 1. The van der Waals surface area contributed by atoms with Gasteiger partial charge in [0, 0.05) is 5.69 Å². The van der Waals surface area contributed by atoms with Crippen LogP contribution in [-0.4, -0.2) is 64.7 Å². The van der Waals surface area contributed by atoms with Crippen LogP contribution in [-0.2, 0) is 19.1 Å². The summed E-state index contributed by atoms with van der Waals surface area (Å²) < 4.78 is 12.0. The molecular formula is C30H36ClN3O6. The lowest BCUT2D eigenvalue weighted by atomic mass is 9.70. The van der Waals surface area contributed by atoms with Crippen molar-refractivity contribution in [2.75, 3.05) is 23.8 Å². The zero-order chi connectivity index (χ0) is 28.8. The Balaban J connectivity index is 1.49. The molecule has 2 aromatic rings. The van der Waals surface area contributed by atoms with Crippen molar-refractivity contribution in [2.24, 2.45) is 17.8 Å². The molecule has 10 heteroatoms. The number of aliphatic hydroxyl groups excluding tert-OH is 1. The highest BCUT2D eigenvalue weighted by Gasteiger charge is 2.75. The summed E-state index contributed by atoms with van der Waals surface area (Å²) in [6.07, 6.45) is 0.495. The van der Waals surface area contributed by atoms with Crippen LogP contribution in [0.5, 0.6) is 5.75 Å². The van der Waals surface area contributed by atoms with Crippen molar-refractivity contribution in [3.63, 3.8) is 0 Å². The molecule has 9 nitrogen and oxygen atoms in total. The molecule has 0 radical (unpaired) electrons. The molecular weight excluding hydrogens is 534 g/mol. The lowest BCUT2D eigenvalue weighted by Crippen LogP contribution is -2.57. The van der Waals surface area contributed by atoms with E-state index >= 15 is 0 Å². The third-order valence-corrected chi connectivity index (χ3v) is 8.82. The number of ether oxygens (including phenoxy) is 2. The maximum atomic E-state index is 14.2. The van der Waals surface area contributed by atoms with Crippen molar-refractivity contribution in [1.29, 1.82) is 0 Å². The number of carbonyl (C=O) groups excluding carboxylic acids is 3. The van der Waals surface area contributed by atoms with Crippen molar-refractivity contribution < 1.29 is 29.0 Å². The predicted molar refractivity (Wildman–Crippen MR) is 151 cm³/mol. The molecule has 3 N–H and O–H groups in total. The summed E-state index contributed by atoms with van der Waals surface area (Å²) in [5.74, 6) is -2.21. The van der Waals surface area contributed by atoms with Gasteiger partial charge in [-0.3, -0.25) is 14.4 Å². The fraction of sp³-hybridized carbons (Fsp3) is 0.500. The molecule has 40 heavy (non-hydrogen) atoms.